The van der Waals surface area contributed by atoms with Crippen LogP contribution in [0.1, 0.15) is 25.7 Å². The highest BCUT2D eigenvalue weighted by molar-refractivity contribution is 6.02. The molecule has 1 N–H and O–H groups in total. The smallest absolute Gasteiger partial charge is 0.324 e. The van der Waals surface area contributed by atoms with Crippen molar-refractivity contribution in [3.8, 4) is 0 Å². The molecule has 0 radical (unpaired) electrons. The van der Waals surface area contributed by atoms with Gasteiger partial charge in [0.05, 0.1) is 12.6 Å². The molecule has 5 nitrogen and oxygen atoms in total. The predicted octanol–water partition coefficient (Wildman–Crippen LogP) is 0.413. The monoisotopic (exact) mass is 237 g/mol. The summed E-state index contributed by atoms with van der Waals surface area (Å²) in [6.45, 7) is 3.07. The summed E-state index contributed by atoms with van der Waals surface area (Å²) in [5.41, 5.74) is 0. The Kier molecular flexibility index (Phi) is 2.78. The summed E-state index contributed by atoms with van der Waals surface area (Å²) >= 11 is 0. The summed E-state index contributed by atoms with van der Waals surface area (Å²) in [6, 6.07) is -0.0908. The SMILES string of the molecule is O=C1CNC(=O)N1C1CN(CC2CCCC2)C1. The van der Waals surface area contributed by atoms with Crippen LogP contribution in [0.4, 0.5) is 4.79 Å². The normalized spacial score (nSPS) is 27.6. The first-order valence-corrected chi connectivity index (χ1v) is 6.56. The Labute approximate surface area is 101 Å². The Morgan fingerprint density at radius 2 is 1.88 bits per heavy atom. The molecule has 3 rings (SSSR count). The van der Waals surface area contributed by atoms with E-state index in [4.69, 9.17) is 0 Å². The Balaban J connectivity index is 1.47. The molecule has 1 aliphatic carbocycles. The molecule has 1 saturated carbocycles. The van der Waals surface area contributed by atoms with Gasteiger partial charge in [0.2, 0.25) is 5.91 Å². The summed E-state index contributed by atoms with van der Waals surface area (Å²) in [5, 5.41) is 2.58. The maximum atomic E-state index is 11.5. The molecule has 0 bridgehead atoms. The number of carbonyl (C=O) groups excluding carboxylic acids is 2. The number of amides is 3. The molecule has 2 saturated heterocycles. The van der Waals surface area contributed by atoms with Gasteiger partial charge in [-0.1, -0.05) is 12.8 Å². The lowest BCUT2D eigenvalue weighted by atomic mass is 10.0. The van der Waals surface area contributed by atoms with Crippen molar-refractivity contribution in [2.24, 2.45) is 5.92 Å². The van der Waals surface area contributed by atoms with Crippen molar-refractivity contribution in [2.75, 3.05) is 26.2 Å². The fourth-order valence-corrected chi connectivity index (χ4v) is 3.22. The number of nitrogens with zero attached hydrogens (tertiary/aromatic N) is 2. The number of hydrogen-bond acceptors (Lipinski definition) is 3. The lowest BCUT2D eigenvalue weighted by Crippen LogP contribution is -2.61. The highest BCUT2D eigenvalue weighted by Crippen LogP contribution is 2.28. The van der Waals surface area contributed by atoms with Gasteiger partial charge < -0.3 is 5.32 Å². The lowest BCUT2D eigenvalue weighted by Gasteiger charge is -2.43. The summed E-state index contributed by atoms with van der Waals surface area (Å²) in [6.07, 6.45) is 5.44. The van der Waals surface area contributed by atoms with E-state index in [1.54, 1.807) is 0 Å². The lowest BCUT2D eigenvalue weighted by molar-refractivity contribution is -0.129. The van der Waals surface area contributed by atoms with Gasteiger partial charge in [0.1, 0.15) is 0 Å². The number of likely N-dealkylation sites (tertiary alicyclic amines) is 1. The third kappa shape index (κ3) is 2.04. The molecule has 0 atom stereocenters. The van der Waals surface area contributed by atoms with Crippen molar-refractivity contribution in [3.05, 3.63) is 0 Å². The maximum absolute atomic E-state index is 11.5. The van der Waals surface area contributed by atoms with Crippen LogP contribution in [-0.2, 0) is 4.79 Å². The fraction of sp³-hybridized carbons (Fsp3) is 0.833. The highest BCUT2D eigenvalue weighted by Gasteiger charge is 2.41. The summed E-state index contributed by atoms with van der Waals surface area (Å²) in [4.78, 5) is 26.7. The van der Waals surface area contributed by atoms with Crippen LogP contribution in [0.2, 0.25) is 0 Å². The van der Waals surface area contributed by atoms with Crippen LogP contribution in [0.15, 0.2) is 0 Å². The molecule has 0 aromatic heterocycles. The van der Waals surface area contributed by atoms with Gasteiger partial charge in [0.15, 0.2) is 0 Å². The van der Waals surface area contributed by atoms with Gasteiger partial charge in [0.25, 0.3) is 0 Å². The van der Waals surface area contributed by atoms with Crippen molar-refractivity contribution in [3.63, 3.8) is 0 Å². The Morgan fingerprint density at radius 3 is 2.47 bits per heavy atom. The molecular formula is C12H19N3O2. The third-order valence-corrected chi connectivity index (χ3v) is 4.17. The molecule has 3 aliphatic rings. The minimum atomic E-state index is -0.208. The van der Waals surface area contributed by atoms with Crippen LogP contribution in [0, 0.1) is 5.92 Å². The second-order valence-corrected chi connectivity index (χ2v) is 5.45. The van der Waals surface area contributed by atoms with E-state index in [-0.39, 0.29) is 24.5 Å². The Hall–Kier alpha value is -1.10. The van der Waals surface area contributed by atoms with Crippen molar-refractivity contribution in [2.45, 2.75) is 31.7 Å². The average molecular weight is 237 g/mol. The van der Waals surface area contributed by atoms with Gasteiger partial charge in [-0.05, 0) is 18.8 Å². The molecule has 3 fully saturated rings. The van der Waals surface area contributed by atoms with E-state index in [0.717, 1.165) is 25.6 Å². The summed E-state index contributed by atoms with van der Waals surface area (Å²) in [7, 11) is 0. The average Bonchev–Trinajstić information content (AvgIpc) is 2.84. The first-order chi connectivity index (χ1) is 8.24. The van der Waals surface area contributed by atoms with E-state index >= 15 is 0 Å². The molecule has 0 unspecified atom stereocenters. The zero-order chi connectivity index (χ0) is 11.8. The zero-order valence-corrected chi connectivity index (χ0v) is 10.0. The van der Waals surface area contributed by atoms with Crippen LogP contribution < -0.4 is 5.32 Å². The first kappa shape index (κ1) is 11.0. The van der Waals surface area contributed by atoms with Crippen molar-refractivity contribution >= 4 is 11.9 Å². The number of carbonyl (C=O) groups is 2. The van der Waals surface area contributed by atoms with E-state index in [2.05, 4.69) is 10.2 Å². The summed E-state index contributed by atoms with van der Waals surface area (Å²) < 4.78 is 0. The van der Waals surface area contributed by atoms with Crippen molar-refractivity contribution in [1.82, 2.24) is 15.1 Å². The molecule has 0 aromatic rings. The van der Waals surface area contributed by atoms with Crippen molar-refractivity contribution in [1.29, 1.82) is 0 Å². The molecule has 94 valence electrons. The van der Waals surface area contributed by atoms with E-state index in [1.165, 1.54) is 30.6 Å². The van der Waals surface area contributed by atoms with E-state index < -0.39 is 0 Å². The number of rotatable bonds is 3. The Bertz CT molecular complexity index is 317. The van der Waals surface area contributed by atoms with Crippen LogP contribution >= 0.6 is 0 Å². The third-order valence-electron chi connectivity index (χ3n) is 4.17. The van der Waals surface area contributed by atoms with Crippen LogP contribution in [-0.4, -0.2) is 54.0 Å². The van der Waals surface area contributed by atoms with Crippen LogP contribution in [0.3, 0.4) is 0 Å². The van der Waals surface area contributed by atoms with Crippen LogP contribution in [0.5, 0.6) is 0 Å². The largest absolute Gasteiger partial charge is 0.329 e. The Morgan fingerprint density at radius 1 is 1.18 bits per heavy atom. The standard InChI is InChI=1S/C12H19N3O2/c16-11-5-13-12(17)15(11)10-7-14(8-10)6-9-3-1-2-4-9/h9-10H,1-8H2,(H,13,17). The maximum Gasteiger partial charge on any atom is 0.324 e. The minimum absolute atomic E-state index is 0.0690. The number of nitrogens with one attached hydrogen (secondary N) is 1. The van der Waals surface area contributed by atoms with Crippen LogP contribution in [0.25, 0.3) is 0 Å². The summed E-state index contributed by atoms with van der Waals surface area (Å²) in [5.74, 6) is 0.777. The first-order valence-electron chi connectivity index (χ1n) is 6.56. The predicted molar refractivity (Wildman–Crippen MR) is 62.4 cm³/mol. The topological polar surface area (TPSA) is 52.7 Å². The van der Waals surface area contributed by atoms with Gasteiger partial charge >= 0.3 is 6.03 Å². The zero-order valence-electron chi connectivity index (χ0n) is 10.0. The second kappa shape index (κ2) is 4.29. The molecular weight excluding hydrogens is 218 g/mol. The van der Waals surface area contributed by atoms with Crippen molar-refractivity contribution < 1.29 is 9.59 Å². The molecule has 3 amide bonds. The molecule has 2 heterocycles. The molecule has 2 aliphatic heterocycles. The van der Waals surface area contributed by atoms with Gasteiger partial charge in [-0.15, -0.1) is 0 Å². The molecule has 0 aromatic carbocycles. The van der Waals surface area contributed by atoms with Gasteiger partial charge in [-0.2, -0.15) is 0 Å². The molecule has 0 spiro atoms. The van der Waals surface area contributed by atoms with Gasteiger partial charge in [-0.25, -0.2) is 4.79 Å². The number of hydrogen-bond donors (Lipinski definition) is 1. The van der Waals surface area contributed by atoms with Gasteiger partial charge in [0, 0.05) is 19.6 Å². The fourth-order valence-electron chi connectivity index (χ4n) is 3.22. The minimum Gasteiger partial charge on any atom is -0.329 e. The number of imide groups is 1. The molecule has 5 heteroatoms. The number of urea groups is 1. The van der Waals surface area contributed by atoms with Gasteiger partial charge in [-0.3, -0.25) is 14.6 Å². The van der Waals surface area contributed by atoms with E-state index in [9.17, 15) is 9.59 Å². The quantitative estimate of drug-likeness (QED) is 0.723. The van der Waals surface area contributed by atoms with E-state index in [0.29, 0.717) is 0 Å². The second-order valence-electron chi connectivity index (χ2n) is 5.45. The molecule has 17 heavy (non-hydrogen) atoms. The highest BCUT2D eigenvalue weighted by atomic mass is 16.2. The van der Waals surface area contributed by atoms with E-state index in [1.807, 2.05) is 0 Å².